The number of carbonyl (C=O) groups excluding carboxylic acids is 1. The smallest absolute Gasteiger partial charge is 0.237 e. The van der Waals surface area contributed by atoms with Crippen molar-refractivity contribution in [2.24, 2.45) is 11.3 Å². The molecule has 0 aromatic carbocycles. The second-order valence-electron chi connectivity index (χ2n) is 7.89. The Morgan fingerprint density at radius 1 is 1.29 bits per heavy atom. The minimum atomic E-state index is 0.111. The van der Waals surface area contributed by atoms with Crippen LogP contribution < -0.4 is 10.6 Å². The highest BCUT2D eigenvalue weighted by Crippen LogP contribution is 2.26. The first-order valence-corrected chi connectivity index (χ1v) is 8.64. The van der Waals surface area contributed by atoms with Gasteiger partial charge in [0.05, 0.1) is 6.04 Å². The number of carbonyl (C=O) groups is 1. The van der Waals surface area contributed by atoms with Crippen molar-refractivity contribution in [3.63, 3.8) is 0 Å². The van der Waals surface area contributed by atoms with E-state index in [1.807, 2.05) is 0 Å². The van der Waals surface area contributed by atoms with Crippen molar-refractivity contribution >= 4 is 5.91 Å². The zero-order valence-corrected chi connectivity index (χ0v) is 14.2. The van der Waals surface area contributed by atoms with Crippen molar-refractivity contribution in [3.8, 4) is 0 Å². The molecule has 0 spiro atoms. The molecule has 2 saturated heterocycles. The van der Waals surface area contributed by atoms with Crippen LogP contribution >= 0.6 is 0 Å². The lowest BCUT2D eigenvalue weighted by Crippen LogP contribution is -2.51. The third-order valence-electron chi connectivity index (χ3n) is 5.44. The van der Waals surface area contributed by atoms with Crippen LogP contribution in [0.3, 0.4) is 0 Å². The third-order valence-corrected chi connectivity index (χ3v) is 5.44. The van der Waals surface area contributed by atoms with Crippen molar-refractivity contribution in [3.05, 3.63) is 0 Å². The summed E-state index contributed by atoms with van der Waals surface area (Å²) in [5, 5.41) is 6.62. The molecule has 0 aliphatic carbocycles. The lowest BCUT2D eigenvalue weighted by atomic mass is 9.82. The maximum absolute atomic E-state index is 12.6. The summed E-state index contributed by atoms with van der Waals surface area (Å²) in [6.07, 6.45) is 4.56. The monoisotopic (exact) mass is 295 g/mol. The number of nitrogens with one attached hydrogen (secondary N) is 2. The van der Waals surface area contributed by atoms with E-state index in [0.717, 1.165) is 39.0 Å². The molecule has 0 saturated carbocycles. The minimum absolute atomic E-state index is 0.111. The van der Waals surface area contributed by atoms with E-state index in [9.17, 15) is 4.79 Å². The van der Waals surface area contributed by atoms with Crippen LogP contribution in [0, 0.1) is 11.3 Å². The van der Waals surface area contributed by atoms with Gasteiger partial charge in [0.2, 0.25) is 5.91 Å². The molecule has 4 heteroatoms. The molecule has 2 atom stereocenters. The molecule has 2 aliphatic rings. The highest BCUT2D eigenvalue weighted by Gasteiger charge is 2.35. The van der Waals surface area contributed by atoms with E-state index in [1.54, 1.807) is 0 Å². The quantitative estimate of drug-likeness (QED) is 0.834. The lowest BCUT2D eigenvalue weighted by molar-refractivity contribution is -0.126. The van der Waals surface area contributed by atoms with Crippen LogP contribution in [0.15, 0.2) is 0 Å². The molecule has 0 aromatic heterocycles. The van der Waals surface area contributed by atoms with E-state index in [0.29, 0.717) is 12.0 Å². The fourth-order valence-corrected chi connectivity index (χ4v) is 3.32. The minimum Gasteiger partial charge on any atom is -0.354 e. The summed E-state index contributed by atoms with van der Waals surface area (Å²) < 4.78 is 0. The highest BCUT2D eigenvalue weighted by atomic mass is 16.2. The molecule has 2 N–H and O–H groups in total. The standard InChI is InChI=1S/C17H33N3O/c1-13(17(2,3)4)12-19-16(21)15-6-5-11-20(15)14-7-9-18-10-8-14/h13-15,18H,5-12H2,1-4H3,(H,19,21). The van der Waals surface area contributed by atoms with E-state index < -0.39 is 0 Å². The van der Waals surface area contributed by atoms with Crippen molar-refractivity contribution in [1.29, 1.82) is 0 Å². The molecule has 21 heavy (non-hydrogen) atoms. The van der Waals surface area contributed by atoms with Gasteiger partial charge >= 0.3 is 0 Å². The van der Waals surface area contributed by atoms with Gasteiger partial charge in [-0.15, -0.1) is 0 Å². The van der Waals surface area contributed by atoms with Crippen molar-refractivity contribution < 1.29 is 4.79 Å². The van der Waals surface area contributed by atoms with E-state index in [4.69, 9.17) is 0 Å². The summed E-state index contributed by atoms with van der Waals surface area (Å²) in [7, 11) is 0. The molecule has 4 nitrogen and oxygen atoms in total. The second-order valence-corrected chi connectivity index (χ2v) is 7.89. The fraction of sp³-hybridized carbons (Fsp3) is 0.941. The van der Waals surface area contributed by atoms with Crippen molar-refractivity contribution in [1.82, 2.24) is 15.5 Å². The molecular weight excluding hydrogens is 262 g/mol. The summed E-state index contributed by atoms with van der Waals surface area (Å²) in [4.78, 5) is 15.0. The number of likely N-dealkylation sites (tertiary alicyclic amines) is 1. The van der Waals surface area contributed by atoms with Gasteiger partial charge < -0.3 is 10.6 Å². The molecule has 0 aromatic rings. The number of nitrogens with zero attached hydrogens (tertiary/aromatic N) is 1. The van der Waals surface area contributed by atoms with Gasteiger partial charge in [-0.05, 0) is 56.7 Å². The number of piperidine rings is 1. The normalized spacial score (nSPS) is 26.8. The number of hydrogen-bond donors (Lipinski definition) is 2. The Morgan fingerprint density at radius 2 is 1.95 bits per heavy atom. The van der Waals surface area contributed by atoms with E-state index in [-0.39, 0.29) is 17.4 Å². The molecule has 2 fully saturated rings. The van der Waals surface area contributed by atoms with Gasteiger partial charge in [0, 0.05) is 12.6 Å². The first kappa shape index (κ1) is 16.8. The fourth-order valence-electron chi connectivity index (χ4n) is 3.32. The van der Waals surface area contributed by atoms with Crippen LogP contribution in [0.4, 0.5) is 0 Å². The van der Waals surface area contributed by atoms with Crippen LogP contribution in [0.1, 0.15) is 53.4 Å². The van der Waals surface area contributed by atoms with Gasteiger partial charge in [0.25, 0.3) is 0 Å². The van der Waals surface area contributed by atoms with Gasteiger partial charge in [0.15, 0.2) is 0 Å². The molecule has 2 heterocycles. The Morgan fingerprint density at radius 3 is 2.57 bits per heavy atom. The van der Waals surface area contributed by atoms with Gasteiger partial charge in [0.1, 0.15) is 0 Å². The Balaban J connectivity index is 1.85. The molecule has 2 rings (SSSR count). The van der Waals surface area contributed by atoms with Crippen molar-refractivity contribution in [2.45, 2.75) is 65.5 Å². The van der Waals surface area contributed by atoms with Crippen LogP contribution in [0.5, 0.6) is 0 Å². The average molecular weight is 295 g/mol. The number of rotatable bonds is 4. The van der Waals surface area contributed by atoms with Gasteiger partial charge in [-0.3, -0.25) is 9.69 Å². The summed E-state index contributed by atoms with van der Waals surface area (Å²) in [6, 6.07) is 0.713. The number of hydrogen-bond acceptors (Lipinski definition) is 3. The lowest BCUT2D eigenvalue weighted by Gasteiger charge is -2.35. The van der Waals surface area contributed by atoms with Crippen molar-refractivity contribution in [2.75, 3.05) is 26.2 Å². The van der Waals surface area contributed by atoms with Crippen LogP contribution in [-0.2, 0) is 4.79 Å². The summed E-state index contributed by atoms with van der Waals surface area (Å²) in [5.74, 6) is 0.748. The molecule has 2 unspecified atom stereocenters. The van der Waals surface area contributed by atoms with Gasteiger partial charge in [-0.1, -0.05) is 27.7 Å². The molecule has 0 radical (unpaired) electrons. The highest BCUT2D eigenvalue weighted by molar-refractivity contribution is 5.82. The van der Waals surface area contributed by atoms with E-state index in [2.05, 4.69) is 43.2 Å². The zero-order valence-electron chi connectivity index (χ0n) is 14.2. The largest absolute Gasteiger partial charge is 0.354 e. The Labute approximate surface area is 130 Å². The van der Waals surface area contributed by atoms with E-state index in [1.165, 1.54) is 12.8 Å². The zero-order chi connectivity index (χ0) is 15.5. The number of amides is 1. The molecular formula is C17H33N3O. The summed E-state index contributed by atoms with van der Waals surface area (Å²) in [5.41, 5.74) is 0.248. The Bertz CT molecular complexity index is 344. The topological polar surface area (TPSA) is 44.4 Å². The summed E-state index contributed by atoms with van der Waals surface area (Å²) in [6.45, 7) is 13.0. The summed E-state index contributed by atoms with van der Waals surface area (Å²) >= 11 is 0. The maximum atomic E-state index is 12.6. The van der Waals surface area contributed by atoms with Gasteiger partial charge in [-0.2, -0.15) is 0 Å². The first-order chi connectivity index (χ1) is 9.89. The predicted molar refractivity (Wildman–Crippen MR) is 87.2 cm³/mol. The van der Waals surface area contributed by atoms with Gasteiger partial charge in [-0.25, -0.2) is 0 Å². The maximum Gasteiger partial charge on any atom is 0.237 e. The van der Waals surface area contributed by atoms with E-state index >= 15 is 0 Å². The Kier molecular flexibility index (Phi) is 5.67. The predicted octanol–water partition coefficient (Wildman–Crippen LogP) is 2.00. The molecule has 122 valence electrons. The molecule has 0 bridgehead atoms. The van der Waals surface area contributed by atoms with Crippen LogP contribution in [0.2, 0.25) is 0 Å². The van der Waals surface area contributed by atoms with Crippen LogP contribution in [-0.4, -0.2) is 49.1 Å². The first-order valence-electron chi connectivity index (χ1n) is 8.64. The average Bonchev–Trinajstić information content (AvgIpc) is 2.93. The SMILES string of the molecule is CC(CNC(=O)C1CCCN1C1CCNCC1)C(C)(C)C. The molecule has 2 aliphatic heterocycles. The third kappa shape index (κ3) is 4.43. The Hall–Kier alpha value is -0.610. The second kappa shape index (κ2) is 7.10. The van der Waals surface area contributed by atoms with Crippen LogP contribution in [0.25, 0.3) is 0 Å². The molecule has 1 amide bonds.